The standard InChI is InChI=1S/C17H26N4OS/c1-10(2)15-13-9-14(23-17(13)20(4)19-15)16(22)21-7-5-12(6-8-21)11(3)18/h9-12H,5-8,18H2,1-4H3. The Bertz CT molecular complexity index is 708. The van der Waals surface area contributed by atoms with Crippen molar-refractivity contribution in [1.82, 2.24) is 14.7 Å². The van der Waals surface area contributed by atoms with E-state index in [2.05, 4.69) is 25.9 Å². The van der Waals surface area contributed by atoms with Crippen LogP contribution < -0.4 is 5.73 Å². The van der Waals surface area contributed by atoms with E-state index in [1.807, 2.05) is 22.7 Å². The molecule has 3 rings (SSSR count). The topological polar surface area (TPSA) is 64.2 Å². The molecule has 0 radical (unpaired) electrons. The van der Waals surface area contributed by atoms with Crippen molar-refractivity contribution >= 4 is 27.5 Å². The highest BCUT2D eigenvalue weighted by Gasteiger charge is 2.27. The van der Waals surface area contributed by atoms with E-state index in [9.17, 15) is 4.79 Å². The molecule has 23 heavy (non-hydrogen) atoms. The van der Waals surface area contributed by atoms with Crippen LogP contribution in [0.4, 0.5) is 0 Å². The Hall–Kier alpha value is -1.40. The van der Waals surface area contributed by atoms with Gasteiger partial charge in [-0.15, -0.1) is 11.3 Å². The lowest BCUT2D eigenvalue weighted by Gasteiger charge is -2.33. The van der Waals surface area contributed by atoms with Crippen LogP contribution in [0, 0.1) is 5.92 Å². The predicted octanol–water partition coefficient (Wildman–Crippen LogP) is 2.96. The fraction of sp³-hybridized carbons (Fsp3) is 0.647. The molecule has 2 aromatic rings. The van der Waals surface area contributed by atoms with E-state index in [1.165, 1.54) is 0 Å². The number of nitrogens with two attached hydrogens (primary N) is 1. The molecule has 2 aromatic heterocycles. The highest BCUT2D eigenvalue weighted by atomic mass is 32.1. The van der Waals surface area contributed by atoms with Crippen molar-refractivity contribution in [2.75, 3.05) is 13.1 Å². The van der Waals surface area contributed by atoms with E-state index in [1.54, 1.807) is 11.3 Å². The van der Waals surface area contributed by atoms with Crippen molar-refractivity contribution in [2.24, 2.45) is 18.7 Å². The lowest BCUT2D eigenvalue weighted by molar-refractivity contribution is 0.0686. The fourth-order valence-corrected chi connectivity index (χ4v) is 4.43. The second-order valence-electron chi connectivity index (χ2n) is 6.98. The van der Waals surface area contributed by atoms with E-state index in [4.69, 9.17) is 5.73 Å². The Morgan fingerprint density at radius 3 is 2.57 bits per heavy atom. The van der Waals surface area contributed by atoms with Crippen molar-refractivity contribution in [3.8, 4) is 0 Å². The maximum absolute atomic E-state index is 12.8. The van der Waals surface area contributed by atoms with Gasteiger partial charge in [0, 0.05) is 31.6 Å². The van der Waals surface area contributed by atoms with Gasteiger partial charge < -0.3 is 10.6 Å². The Balaban J connectivity index is 1.81. The lowest BCUT2D eigenvalue weighted by atomic mass is 9.91. The summed E-state index contributed by atoms with van der Waals surface area (Å²) in [6, 6.07) is 2.25. The van der Waals surface area contributed by atoms with Gasteiger partial charge in [-0.1, -0.05) is 13.8 Å². The van der Waals surface area contributed by atoms with Gasteiger partial charge in [0.2, 0.25) is 0 Å². The van der Waals surface area contributed by atoms with E-state index < -0.39 is 0 Å². The molecule has 1 atom stereocenters. The van der Waals surface area contributed by atoms with Crippen molar-refractivity contribution in [2.45, 2.75) is 45.6 Å². The quantitative estimate of drug-likeness (QED) is 0.938. The van der Waals surface area contributed by atoms with E-state index in [-0.39, 0.29) is 11.9 Å². The van der Waals surface area contributed by atoms with Crippen LogP contribution in [-0.4, -0.2) is 39.7 Å². The molecule has 0 spiro atoms. The Morgan fingerprint density at radius 1 is 1.35 bits per heavy atom. The molecule has 1 unspecified atom stereocenters. The van der Waals surface area contributed by atoms with Gasteiger partial charge in [-0.05, 0) is 37.7 Å². The summed E-state index contributed by atoms with van der Waals surface area (Å²) in [5.74, 6) is 1.06. The summed E-state index contributed by atoms with van der Waals surface area (Å²) >= 11 is 1.56. The summed E-state index contributed by atoms with van der Waals surface area (Å²) in [5.41, 5.74) is 7.06. The Kier molecular flexibility index (Phi) is 4.47. The molecule has 0 bridgehead atoms. The van der Waals surface area contributed by atoms with E-state index in [0.717, 1.165) is 46.7 Å². The van der Waals surface area contributed by atoms with Crippen LogP contribution in [0.3, 0.4) is 0 Å². The van der Waals surface area contributed by atoms with E-state index >= 15 is 0 Å². The number of carbonyl (C=O) groups excluding carboxylic acids is 1. The number of fused-ring (bicyclic) bond motifs is 1. The van der Waals surface area contributed by atoms with Crippen LogP contribution in [0.15, 0.2) is 6.07 Å². The minimum atomic E-state index is 0.157. The van der Waals surface area contributed by atoms with Gasteiger partial charge in [0.15, 0.2) is 0 Å². The number of likely N-dealkylation sites (tertiary alicyclic amines) is 1. The third-order valence-corrected chi connectivity index (χ3v) is 6.06. The number of hydrogen-bond donors (Lipinski definition) is 1. The van der Waals surface area contributed by atoms with Gasteiger partial charge in [0.25, 0.3) is 5.91 Å². The zero-order chi connectivity index (χ0) is 16.7. The number of aromatic nitrogens is 2. The summed E-state index contributed by atoms with van der Waals surface area (Å²) < 4.78 is 1.90. The number of aryl methyl sites for hydroxylation is 1. The molecule has 1 aliphatic rings. The second kappa shape index (κ2) is 6.24. The summed E-state index contributed by atoms with van der Waals surface area (Å²) in [4.78, 5) is 16.7. The Morgan fingerprint density at radius 2 is 2.00 bits per heavy atom. The summed E-state index contributed by atoms with van der Waals surface area (Å²) in [5, 5.41) is 5.71. The maximum Gasteiger partial charge on any atom is 0.264 e. The third kappa shape index (κ3) is 3.02. The average Bonchev–Trinajstić information content (AvgIpc) is 3.07. The summed E-state index contributed by atoms with van der Waals surface area (Å²) in [6.45, 7) is 7.97. The fourth-order valence-electron chi connectivity index (χ4n) is 3.38. The van der Waals surface area contributed by atoms with Gasteiger partial charge in [0.05, 0.1) is 10.6 Å². The highest BCUT2D eigenvalue weighted by Crippen LogP contribution is 2.32. The molecule has 5 nitrogen and oxygen atoms in total. The third-order valence-electron chi connectivity index (χ3n) is 4.87. The number of thiophene rings is 1. The number of amides is 1. The summed E-state index contributed by atoms with van der Waals surface area (Å²) in [6.07, 6.45) is 2.01. The molecule has 2 N–H and O–H groups in total. The molecule has 1 fully saturated rings. The first kappa shape index (κ1) is 16.5. The smallest absolute Gasteiger partial charge is 0.264 e. The lowest BCUT2D eigenvalue weighted by Crippen LogP contribution is -2.42. The van der Waals surface area contributed by atoms with E-state index in [0.29, 0.717) is 11.8 Å². The van der Waals surface area contributed by atoms with Gasteiger partial charge in [-0.25, -0.2) is 0 Å². The first-order valence-corrected chi connectivity index (χ1v) is 9.21. The van der Waals surface area contributed by atoms with Gasteiger partial charge in [0.1, 0.15) is 4.83 Å². The normalized spacial score (nSPS) is 18.1. The van der Waals surface area contributed by atoms with Crippen molar-refractivity contribution in [1.29, 1.82) is 0 Å². The number of hydrogen-bond acceptors (Lipinski definition) is 4. The van der Waals surface area contributed by atoms with Gasteiger partial charge in [-0.3, -0.25) is 9.48 Å². The zero-order valence-corrected chi connectivity index (χ0v) is 15.2. The molecule has 0 aliphatic carbocycles. The van der Waals surface area contributed by atoms with Crippen LogP contribution >= 0.6 is 11.3 Å². The molecule has 0 aromatic carbocycles. The second-order valence-corrected chi connectivity index (χ2v) is 8.01. The van der Waals surface area contributed by atoms with Crippen molar-refractivity contribution < 1.29 is 4.79 Å². The summed E-state index contributed by atoms with van der Waals surface area (Å²) in [7, 11) is 1.95. The average molecular weight is 334 g/mol. The van der Waals surface area contributed by atoms with Crippen LogP contribution in [0.1, 0.15) is 54.9 Å². The van der Waals surface area contributed by atoms with Crippen molar-refractivity contribution in [3.05, 3.63) is 16.6 Å². The maximum atomic E-state index is 12.8. The Labute approximate surface area is 141 Å². The first-order valence-electron chi connectivity index (χ1n) is 8.39. The molecule has 1 amide bonds. The molecule has 6 heteroatoms. The molecule has 1 saturated heterocycles. The van der Waals surface area contributed by atoms with Crippen LogP contribution in [0.2, 0.25) is 0 Å². The van der Waals surface area contributed by atoms with Crippen LogP contribution in [-0.2, 0) is 7.05 Å². The van der Waals surface area contributed by atoms with Crippen LogP contribution in [0.25, 0.3) is 10.2 Å². The number of carbonyl (C=O) groups is 1. The monoisotopic (exact) mass is 334 g/mol. The molecular weight excluding hydrogens is 308 g/mol. The zero-order valence-electron chi connectivity index (χ0n) is 14.4. The van der Waals surface area contributed by atoms with Crippen LogP contribution in [0.5, 0.6) is 0 Å². The van der Waals surface area contributed by atoms with Gasteiger partial charge in [-0.2, -0.15) is 5.10 Å². The molecule has 1 aliphatic heterocycles. The number of nitrogens with zero attached hydrogens (tertiary/aromatic N) is 3. The molecule has 3 heterocycles. The number of piperidine rings is 1. The largest absolute Gasteiger partial charge is 0.338 e. The molecule has 126 valence electrons. The number of rotatable bonds is 3. The predicted molar refractivity (Wildman–Crippen MR) is 95.0 cm³/mol. The SMILES string of the molecule is CC(C)c1nn(C)c2sc(C(=O)N3CCC(C(C)N)CC3)cc12. The molecular formula is C17H26N4OS. The molecule has 0 saturated carbocycles. The minimum absolute atomic E-state index is 0.157. The highest BCUT2D eigenvalue weighted by molar-refractivity contribution is 7.20. The first-order chi connectivity index (χ1) is 10.9. The van der Waals surface area contributed by atoms with Crippen molar-refractivity contribution in [3.63, 3.8) is 0 Å². The van der Waals surface area contributed by atoms with Gasteiger partial charge >= 0.3 is 0 Å². The minimum Gasteiger partial charge on any atom is -0.338 e.